The summed E-state index contributed by atoms with van der Waals surface area (Å²) in [5.74, 6) is -0.651. The van der Waals surface area contributed by atoms with Crippen molar-refractivity contribution >= 4 is 0 Å². The van der Waals surface area contributed by atoms with Gasteiger partial charge in [-0.2, -0.15) is 0 Å². The molecule has 0 spiro atoms. The number of hydrogen-bond donors (Lipinski definition) is 1. The zero-order valence-corrected chi connectivity index (χ0v) is 13.1. The van der Waals surface area contributed by atoms with Gasteiger partial charge in [-0.15, -0.1) is 0 Å². The molecule has 20 heavy (non-hydrogen) atoms. The smallest absolute Gasteiger partial charge is 0.163 e. The highest BCUT2D eigenvalue weighted by Crippen LogP contribution is 2.52. The zero-order valence-electron chi connectivity index (χ0n) is 13.1. The van der Waals surface area contributed by atoms with E-state index in [0.29, 0.717) is 12.5 Å². The van der Waals surface area contributed by atoms with Gasteiger partial charge in [0.2, 0.25) is 0 Å². The molecule has 3 rings (SSSR count). The number of ether oxygens (including phenoxy) is 4. The molecule has 5 nitrogen and oxygen atoms in total. The van der Waals surface area contributed by atoms with Gasteiger partial charge in [0, 0.05) is 5.54 Å². The van der Waals surface area contributed by atoms with Crippen molar-refractivity contribution in [3.8, 4) is 0 Å². The quantitative estimate of drug-likeness (QED) is 0.856. The molecule has 2 aliphatic heterocycles. The summed E-state index contributed by atoms with van der Waals surface area (Å²) >= 11 is 0. The molecule has 2 N–H and O–H groups in total. The standard InChI is InChI=1S/C15H27NO4/c1-6-9-7-15(9,16)12-11(19-14(4,5)20-12)10-8-17-13(2,3)18-10/h9-12H,6-8,16H2,1-5H3/t9?,10-,11+,12-,15+/m1/s1. The lowest BCUT2D eigenvalue weighted by molar-refractivity contribution is -0.175. The molecule has 3 fully saturated rings. The lowest BCUT2D eigenvalue weighted by atomic mass is 9.97. The average molecular weight is 285 g/mol. The molecule has 5 heteroatoms. The van der Waals surface area contributed by atoms with Crippen molar-refractivity contribution in [2.24, 2.45) is 11.7 Å². The van der Waals surface area contributed by atoms with E-state index in [9.17, 15) is 0 Å². The van der Waals surface area contributed by atoms with Crippen LogP contribution in [-0.2, 0) is 18.9 Å². The Morgan fingerprint density at radius 1 is 1.05 bits per heavy atom. The number of hydrogen-bond acceptors (Lipinski definition) is 5. The highest BCUT2D eigenvalue weighted by molar-refractivity contribution is 5.17. The van der Waals surface area contributed by atoms with Gasteiger partial charge in [0.1, 0.15) is 18.3 Å². The maximum Gasteiger partial charge on any atom is 0.163 e. The normalized spacial score (nSPS) is 49.5. The predicted octanol–water partition coefficient (Wildman–Crippen LogP) is 1.79. The second-order valence-electron chi connectivity index (χ2n) is 7.31. The molecule has 0 aromatic rings. The molecule has 3 aliphatic rings. The molecule has 2 heterocycles. The van der Waals surface area contributed by atoms with E-state index in [-0.39, 0.29) is 23.9 Å². The van der Waals surface area contributed by atoms with Gasteiger partial charge >= 0.3 is 0 Å². The van der Waals surface area contributed by atoms with E-state index in [1.165, 1.54) is 0 Å². The van der Waals surface area contributed by atoms with E-state index in [4.69, 9.17) is 24.7 Å². The fourth-order valence-electron chi connectivity index (χ4n) is 3.59. The summed E-state index contributed by atoms with van der Waals surface area (Å²) in [5.41, 5.74) is 6.28. The van der Waals surface area contributed by atoms with Gasteiger partial charge in [0.15, 0.2) is 11.6 Å². The first-order valence-electron chi connectivity index (χ1n) is 7.63. The minimum absolute atomic E-state index is 0.115. The Labute approximate surface area is 121 Å². The molecule has 1 unspecified atom stereocenters. The van der Waals surface area contributed by atoms with E-state index in [2.05, 4.69) is 6.92 Å². The van der Waals surface area contributed by atoms with E-state index in [1.807, 2.05) is 27.7 Å². The number of nitrogens with two attached hydrogens (primary N) is 1. The van der Waals surface area contributed by atoms with Crippen LogP contribution < -0.4 is 5.73 Å². The van der Waals surface area contributed by atoms with Crippen LogP contribution >= 0.6 is 0 Å². The summed E-state index contributed by atoms with van der Waals surface area (Å²) in [4.78, 5) is 0. The van der Waals surface area contributed by atoms with Crippen molar-refractivity contribution in [2.45, 2.75) is 82.9 Å². The number of rotatable bonds is 3. The third kappa shape index (κ3) is 2.40. The van der Waals surface area contributed by atoms with Gasteiger partial charge in [-0.05, 0) is 40.0 Å². The minimum atomic E-state index is -0.612. The Balaban J connectivity index is 1.78. The molecule has 0 aromatic heterocycles. The molecule has 0 amide bonds. The maximum atomic E-state index is 6.55. The van der Waals surface area contributed by atoms with Crippen molar-refractivity contribution in [3.05, 3.63) is 0 Å². The molecule has 1 saturated carbocycles. The minimum Gasteiger partial charge on any atom is -0.348 e. The summed E-state index contributed by atoms with van der Waals surface area (Å²) in [6.45, 7) is 10.4. The van der Waals surface area contributed by atoms with E-state index >= 15 is 0 Å². The molecule has 5 atom stereocenters. The van der Waals surface area contributed by atoms with Gasteiger partial charge in [-0.25, -0.2) is 0 Å². The Morgan fingerprint density at radius 3 is 2.25 bits per heavy atom. The zero-order chi connectivity index (χ0) is 14.8. The van der Waals surface area contributed by atoms with E-state index in [1.54, 1.807) is 0 Å². The summed E-state index contributed by atoms with van der Waals surface area (Å²) in [5, 5.41) is 0. The van der Waals surface area contributed by atoms with Gasteiger partial charge in [0.05, 0.1) is 6.61 Å². The van der Waals surface area contributed by atoms with Crippen LogP contribution in [0.1, 0.15) is 47.5 Å². The van der Waals surface area contributed by atoms with E-state index < -0.39 is 11.6 Å². The van der Waals surface area contributed by atoms with Gasteiger partial charge in [-0.3, -0.25) is 0 Å². The monoisotopic (exact) mass is 285 g/mol. The lowest BCUT2D eigenvalue weighted by Crippen LogP contribution is -2.50. The lowest BCUT2D eigenvalue weighted by Gasteiger charge is -2.27. The van der Waals surface area contributed by atoms with Crippen LogP contribution in [0.4, 0.5) is 0 Å². The summed E-state index contributed by atoms with van der Waals surface area (Å²) in [6, 6.07) is 0. The fraction of sp³-hybridized carbons (Fsp3) is 1.00. The van der Waals surface area contributed by atoms with Crippen LogP contribution in [0.15, 0.2) is 0 Å². The Kier molecular flexibility index (Phi) is 3.24. The highest BCUT2D eigenvalue weighted by Gasteiger charge is 2.64. The first kappa shape index (κ1) is 14.7. The molecule has 2 saturated heterocycles. The third-order valence-electron chi connectivity index (χ3n) is 4.75. The topological polar surface area (TPSA) is 62.9 Å². The second-order valence-corrected chi connectivity index (χ2v) is 7.31. The van der Waals surface area contributed by atoms with E-state index in [0.717, 1.165) is 12.8 Å². The SMILES string of the molecule is CCC1C[C@@]1(N)[C@@H]1OC(C)(C)O[C@H]1[C@H]1COC(C)(C)O1. The molecule has 0 aromatic carbocycles. The van der Waals surface area contributed by atoms with Crippen LogP contribution in [0.5, 0.6) is 0 Å². The first-order valence-corrected chi connectivity index (χ1v) is 7.63. The van der Waals surface area contributed by atoms with Crippen LogP contribution in [-0.4, -0.2) is 42.0 Å². The Hall–Kier alpha value is -0.200. The highest BCUT2D eigenvalue weighted by atomic mass is 16.8. The maximum absolute atomic E-state index is 6.55. The van der Waals surface area contributed by atoms with Crippen molar-refractivity contribution in [3.63, 3.8) is 0 Å². The summed E-state index contributed by atoms with van der Waals surface area (Å²) in [6.07, 6.45) is 1.69. The molecule has 1 aliphatic carbocycles. The third-order valence-corrected chi connectivity index (χ3v) is 4.75. The van der Waals surface area contributed by atoms with Crippen molar-refractivity contribution in [2.75, 3.05) is 6.61 Å². The van der Waals surface area contributed by atoms with Gasteiger partial charge in [-0.1, -0.05) is 13.3 Å². The van der Waals surface area contributed by atoms with Crippen LogP contribution in [0.3, 0.4) is 0 Å². The molecule has 116 valence electrons. The summed E-state index contributed by atoms with van der Waals surface area (Å²) in [7, 11) is 0. The second kappa shape index (κ2) is 4.40. The molecular weight excluding hydrogens is 258 g/mol. The Morgan fingerprint density at radius 2 is 1.75 bits per heavy atom. The fourth-order valence-corrected chi connectivity index (χ4v) is 3.59. The Bertz CT molecular complexity index is 397. The van der Waals surface area contributed by atoms with Crippen molar-refractivity contribution in [1.29, 1.82) is 0 Å². The molecule has 0 bridgehead atoms. The largest absolute Gasteiger partial charge is 0.348 e. The molecule has 0 radical (unpaired) electrons. The van der Waals surface area contributed by atoms with Crippen LogP contribution in [0.25, 0.3) is 0 Å². The van der Waals surface area contributed by atoms with Gasteiger partial charge in [0.25, 0.3) is 0 Å². The van der Waals surface area contributed by atoms with Crippen molar-refractivity contribution < 1.29 is 18.9 Å². The predicted molar refractivity (Wildman–Crippen MR) is 74.0 cm³/mol. The average Bonchev–Trinajstić information content (AvgIpc) is 2.68. The van der Waals surface area contributed by atoms with Gasteiger partial charge < -0.3 is 24.7 Å². The molecular formula is C15H27NO4. The van der Waals surface area contributed by atoms with Crippen LogP contribution in [0.2, 0.25) is 0 Å². The summed E-state index contributed by atoms with van der Waals surface area (Å²) < 4.78 is 23.8. The van der Waals surface area contributed by atoms with Crippen molar-refractivity contribution in [1.82, 2.24) is 0 Å². The van der Waals surface area contributed by atoms with Crippen LogP contribution in [0, 0.1) is 5.92 Å². The first-order chi connectivity index (χ1) is 9.17.